The molecule has 5 nitrogen and oxygen atoms in total. The summed E-state index contributed by atoms with van der Waals surface area (Å²) in [6, 6.07) is 18.3. The zero-order valence-electron chi connectivity index (χ0n) is 12.7. The van der Waals surface area contributed by atoms with Crippen molar-refractivity contribution in [3.63, 3.8) is 0 Å². The smallest absolute Gasteiger partial charge is 0.222 e. The molecule has 0 N–H and O–H groups in total. The molecule has 1 heterocycles. The standard InChI is InChI=1S/C17H14ClO.ClHO4/c1-12-7-8-16-15(9-12)14(11-18)10-17(19-16)13-5-3-2-4-6-13;2-1(3,4)5/h2-10H,11H2,1H3;(H,2,3,4,5)/q+1;/p-1. The van der Waals surface area contributed by atoms with Crippen LogP contribution in [0.1, 0.15) is 11.1 Å². The number of aryl methyl sites for hydroxylation is 1. The summed E-state index contributed by atoms with van der Waals surface area (Å²) in [6.45, 7) is 2.07. The lowest BCUT2D eigenvalue weighted by Gasteiger charge is -2.17. The van der Waals surface area contributed by atoms with Crippen LogP contribution in [0, 0.1) is 17.2 Å². The summed E-state index contributed by atoms with van der Waals surface area (Å²) in [5, 5.41) is 1.09. The molecule has 0 atom stereocenters. The Morgan fingerprint density at radius 2 is 1.58 bits per heavy atom. The molecule has 7 heteroatoms. The van der Waals surface area contributed by atoms with Crippen molar-refractivity contribution in [2.75, 3.05) is 0 Å². The Balaban J connectivity index is 0.000000368. The third-order valence-electron chi connectivity index (χ3n) is 3.21. The highest BCUT2D eigenvalue weighted by Gasteiger charge is 2.18. The van der Waals surface area contributed by atoms with E-state index < -0.39 is 10.2 Å². The molecule has 3 rings (SSSR count). The Bertz CT molecular complexity index is 810. The van der Waals surface area contributed by atoms with Crippen LogP contribution in [0.2, 0.25) is 0 Å². The number of benzene rings is 2. The van der Waals surface area contributed by atoms with Crippen molar-refractivity contribution in [2.45, 2.75) is 12.8 Å². The van der Waals surface area contributed by atoms with E-state index in [1.807, 2.05) is 42.5 Å². The van der Waals surface area contributed by atoms with Gasteiger partial charge in [0, 0.05) is 18.0 Å². The van der Waals surface area contributed by atoms with Crippen LogP contribution in [-0.4, -0.2) is 0 Å². The molecule has 0 fully saturated rings. The maximum atomic E-state index is 8.49. The Kier molecular flexibility index (Phi) is 6.12. The first-order chi connectivity index (χ1) is 11.3. The zero-order chi connectivity index (χ0) is 17.7. The van der Waals surface area contributed by atoms with E-state index >= 15 is 0 Å². The molecule has 0 aliphatic rings. The molecule has 0 bridgehead atoms. The summed E-state index contributed by atoms with van der Waals surface area (Å²) >= 11 is 6.08. The minimum Gasteiger partial charge on any atom is -0.222 e. The monoisotopic (exact) mass is 368 g/mol. The lowest BCUT2D eigenvalue weighted by atomic mass is 10.1. The number of halogens is 2. The number of alkyl halides is 1. The maximum Gasteiger partial charge on any atom is 0.361 e. The van der Waals surface area contributed by atoms with Crippen molar-refractivity contribution in [3.8, 4) is 11.3 Å². The predicted molar refractivity (Wildman–Crippen MR) is 80.4 cm³/mol. The first-order valence-corrected chi connectivity index (χ1v) is 8.64. The van der Waals surface area contributed by atoms with Gasteiger partial charge in [-0.05, 0) is 42.3 Å². The summed E-state index contributed by atoms with van der Waals surface area (Å²) in [5.74, 6) is 1.34. The summed E-state index contributed by atoms with van der Waals surface area (Å²) in [7, 11) is -4.94. The molecule has 24 heavy (non-hydrogen) atoms. The molecule has 0 amide bonds. The minimum absolute atomic E-state index is 0.482. The van der Waals surface area contributed by atoms with Gasteiger partial charge in [0.1, 0.15) is 0 Å². The second-order valence-electron chi connectivity index (χ2n) is 5.01. The molecule has 0 spiro atoms. The number of hydrogen-bond donors (Lipinski definition) is 0. The van der Waals surface area contributed by atoms with E-state index in [0.717, 1.165) is 27.9 Å². The molecular formula is C17H14Cl2O5. The predicted octanol–water partition coefficient (Wildman–Crippen LogP) is 0.672. The molecule has 0 radical (unpaired) electrons. The normalized spacial score (nSPS) is 11.1. The molecule has 0 saturated carbocycles. The molecule has 0 saturated heterocycles. The third-order valence-corrected chi connectivity index (χ3v) is 3.50. The zero-order valence-corrected chi connectivity index (χ0v) is 14.2. The van der Waals surface area contributed by atoms with Gasteiger partial charge in [0.15, 0.2) is 0 Å². The second kappa shape index (κ2) is 7.90. The van der Waals surface area contributed by atoms with Gasteiger partial charge in [0.25, 0.3) is 0 Å². The van der Waals surface area contributed by atoms with Gasteiger partial charge < -0.3 is 0 Å². The molecule has 126 valence electrons. The lowest BCUT2D eigenvalue weighted by Crippen LogP contribution is -2.68. The first kappa shape index (κ1) is 18.6. The Morgan fingerprint density at radius 3 is 2.17 bits per heavy atom. The Morgan fingerprint density at radius 1 is 0.958 bits per heavy atom. The van der Waals surface area contributed by atoms with Gasteiger partial charge in [-0.15, -0.1) is 21.8 Å². The summed E-state index contributed by atoms with van der Waals surface area (Å²) in [6.07, 6.45) is 0. The highest BCUT2D eigenvalue weighted by Crippen LogP contribution is 2.29. The number of hydrogen-bond acceptors (Lipinski definition) is 4. The van der Waals surface area contributed by atoms with Crippen LogP contribution < -0.4 is 18.6 Å². The molecular weight excluding hydrogens is 355 g/mol. The van der Waals surface area contributed by atoms with Gasteiger partial charge in [-0.25, -0.2) is 23.1 Å². The Labute approximate surface area is 146 Å². The highest BCUT2D eigenvalue weighted by molar-refractivity contribution is 6.18. The van der Waals surface area contributed by atoms with Crippen LogP contribution in [-0.2, 0) is 5.88 Å². The van der Waals surface area contributed by atoms with Crippen molar-refractivity contribution >= 4 is 22.6 Å². The van der Waals surface area contributed by atoms with Crippen molar-refractivity contribution < 1.29 is 33.3 Å². The van der Waals surface area contributed by atoms with E-state index in [-0.39, 0.29) is 0 Å². The van der Waals surface area contributed by atoms with Crippen LogP contribution in [0.5, 0.6) is 0 Å². The number of rotatable bonds is 2. The fourth-order valence-electron chi connectivity index (χ4n) is 2.22. The van der Waals surface area contributed by atoms with Crippen LogP contribution in [0.15, 0.2) is 59.0 Å². The second-order valence-corrected chi connectivity index (χ2v) is 6.04. The van der Waals surface area contributed by atoms with E-state index in [1.54, 1.807) is 0 Å². The van der Waals surface area contributed by atoms with Gasteiger partial charge in [-0.2, -0.15) is 0 Å². The fraction of sp³-hybridized carbons (Fsp3) is 0.118. The average Bonchev–Trinajstić information content (AvgIpc) is 2.53. The van der Waals surface area contributed by atoms with Crippen molar-refractivity contribution in [1.82, 2.24) is 0 Å². The van der Waals surface area contributed by atoms with Gasteiger partial charge in [-0.3, -0.25) is 0 Å². The van der Waals surface area contributed by atoms with Gasteiger partial charge in [0.05, 0.1) is 10.9 Å². The molecule has 0 unspecified atom stereocenters. The molecule has 1 aromatic heterocycles. The molecule has 0 aliphatic heterocycles. The van der Waals surface area contributed by atoms with Gasteiger partial charge in [0.2, 0.25) is 0 Å². The highest BCUT2D eigenvalue weighted by atomic mass is 35.7. The van der Waals surface area contributed by atoms with Crippen molar-refractivity contribution in [1.29, 1.82) is 0 Å². The number of fused-ring (bicyclic) bond motifs is 1. The van der Waals surface area contributed by atoms with Crippen LogP contribution in [0.4, 0.5) is 0 Å². The van der Waals surface area contributed by atoms with Crippen molar-refractivity contribution in [3.05, 3.63) is 65.7 Å². The van der Waals surface area contributed by atoms with E-state index in [0.29, 0.717) is 5.88 Å². The fourth-order valence-corrected chi connectivity index (χ4v) is 2.44. The van der Waals surface area contributed by atoms with Crippen LogP contribution in [0.25, 0.3) is 22.3 Å². The topological polar surface area (TPSA) is 104 Å². The maximum absolute atomic E-state index is 8.49. The quantitative estimate of drug-likeness (QED) is 0.488. The minimum atomic E-state index is -4.94. The van der Waals surface area contributed by atoms with E-state index in [2.05, 4.69) is 19.1 Å². The van der Waals surface area contributed by atoms with Crippen LogP contribution in [0.3, 0.4) is 0 Å². The average molecular weight is 369 g/mol. The lowest BCUT2D eigenvalue weighted by molar-refractivity contribution is -2.00. The largest absolute Gasteiger partial charge is 0.361 e. The summed E-state index contributed by atoms with van der Waals surface area (Å²) < 4.78 is 40.0. The van der Waals surface area contributed by atoms with E-state index in [4.69, 9.17) is 34.7 Å². The third kappa shape index (κ3) is 5.42. The van der Waals surface area contributed by atoms with E-state index in [1.165, 1.54) is 5.56 Å². The molecule has 3 aromatic rings. The van der Waals surface area contributed by atoms with Crippen molar-refractivity contribution in [2.24, 2.45) is 0 Å². The summed E-state index contributed by atoms with van der Waals surface area (Å²) in [4.78, 5) is 0. The Hall–Kier alpha value is -1.73. The van der Waals surface area contributed by atoms with Crippen LogP contribution >= 0.6 is 11.6 Å². The van der Waals surface area contributed by atoms with Gasteiger partial charge in [-0.1, -0.05) is 18.2 Å². The van der Waals surface area contributed by atoms with Gasteiger partial charge >= 0.3 is 11.3 Å². The SMILES string of the molecule is Cc1ccc2[o+]c(-c3ccccc3)cc(CCl)c2c1.[O-][Cl+3]([O-])([O-])[O-]. The first-order valence-electron chi connectivity index (χ1n) is 6.87. The molecule has 2 aromatic carbocycles. The van der Waals surface area contributed by atoms with E-state index in [9.17, 15) is 0 Å². The summed E-state index contributed by atoms with van der Waals surface area (Å²) in [5.41, 5.74) is 4.26. The molecule has 0 aliphatic carbocycles.